The van der Waals surface area contributed by atoms with E-state index in [0.29, 0.717) is 13.0 Å². The molecule has 24 heavy (non-hydrogen) atoms. The molecule has 2 rings (SSSR count). The summed E-state index contributed by atoms with van der Waals surface area (Å²) in [6.07, 6.45) is 7.54. The van der Waals surface area contributed by atoms with Crippen molar-refractivity contribution >= 4 is 5.97 Å². The zero-order chi connectivity index (χ0) is 17.0. The van der Waals surface area contributed by atoms with Crippen LogP contribution in [0.2, 0.25) is 0 Å². The van der Waals surface area contributed by atoms with Crippen molar-refractivity contribution in [2.45, 2.75) is 51.9 Å². The largest absolute Gasteiger partial charge is 0.465 e. The van der Waals surface area contributed by atoms with E-state index in [2.05, 4.69) is 25.1 Å². The Labute approximate surface area is 145 Å². The average Bonchev–Trinajstić information content (AvgIpc) is 2.62. The van der Waals surface area contributed by atoms with Gasteiger partial charge in [-0.1, -0.05) is 93.6 Å². The minimum atomic E-state index is -0.132. The number of esters is 1. The molecular weight excluding hydrogens is 296 g/mol. The molecule has 2 aromatic rings. The van der Waals surface area contributed by atoms with Crippen molar-refractivity contribution in [1.29, 1.82) is 0 Å². The summed E-state index contributed by atoms with van der Waals surface area (Å²) in [5.41, 5.74) is 3.27. The number of benzene rings is 2. The standard InChI is InChI=1S/C22H28O2/c1-2-3-4-5-6-12-17-24-22(23)18-20-15-10-11-16-21(20)19-13-8-7-9-14-19/h7-11,13-16H,2-6,12,17-18H2,1H3. The topological polar surface area (TPSA) is 26.3 Å². The summed E-state index contributed by atoms with van der Waals surface area (Å²) in [5, 5.41) is 0. The fourth-order valence-electron chi connectivity index (χ4n) is 2.85. The summed E-state index contributed by atoms with van der Waals surface area (Å²) in [7, 11) is 0. The van der Waals surface area contributed by atoms with Gasteiger partial charge in [-0.2, -0.15) is 0 Å². The molecule has 0 amide bonds. The normalized spacial score (nSPS) is 10.5. The number of carbonyl (C=O) groups is 1. The maximum absolute atomic E-state index is 12.1. The van der Waals surface area contributed by atoms with E-state index in [1.165, 1.54) is 25.7 Å². The van der Waals surface area contributed by atoms with Gasteiger partial charge < -0.3 is 4.74 Å². The monoisotopic (exact) mass is 324 g/mol. The summed E-state index contributed by atoms with van der Waals surface area (Å²) in [6.45, 7) is 2.76. The molecule has 0 aliphatic heterocycles. The lowest BCUT2D eigenvalue weighted by molar-refractivity contribution is -0.142. The van der Waals surface area contributed by atoms with Crippen LogP contribution < -0.4 is 0 Å². The Kier molecular flexibility index (Phi) is 8.09. The van der Waals surface area contributed by atoms with Gasteiger partial charge in [0.2, 0.25) is 0 Å². The molecule has 2 heteroatoms. The SMILES string of the molecule is CCCCCCCCOC(=O)Cc1ccccc1-c1ccccc1. The van der Waals surface area contributed by atoms with Crippen molar-refractivity contribution in [1.82, 2.24) is 0 Å². The van der Waals surface area contributed by atoms with Gasteiger partial charge in [-0.15, -0.1) is 0 Å². The first kappa shape index (κ1) is 18.3. The quantitative estimate of drug-likeness (QED) is 0.408. The van der Waals surface area contributed by atoms with E-state index in [4.69, 9.17) is 4.74 Å². The van der Waals surface area contributed by atoms with Crippen LogP contribution in [0, 0.1) is 0 Å². The van der Waals surface area contributed by atoms with E-state index in [9.17, 15) is 4.79 Å². The first-order chi connectivity index (χ1) is 11.8. The van der Waals surface area contributed by atoms with E-state index in [1.807, 2.05) is 36.4 Å². The fourth-order valence-corrected chi connectivity index (χ4v) is 2.85. The van der Waals surface area contributed by atoms with Gasteiger partial charge in [-0.3, -0.25) is 4.79 Å². The summed E-state index contributed by atoms with van der Waals surface area (Å²) < 4.78 is 5.40. The molecule has 0 atom stereocenters. The van der Waals surface area contributed by atoms with Crippen molar-refractivity contribution in [2.24, 2.45) is 0 Å². The third-order valence-electron chi connectivity index (χ3n) is 4.20. The highest BCUT2D eigenvalue weighted by Crippen LogP contribution is 2.24. The highest BCUT2D eigenvalue weighted by Gasteiger charge is 2.10. The molecule has 128 valence electrons. The molecule has 0 saturated heterocycles. The Bertz CT molecular complexity index is 604. The molecular formula is C22H28O2. The van der Waals surface area contributed by atoms with Crippen LogP contribution >= 0.6 is 0 Å². The van der Waals surface area contributed by atoms with Crippen LogP contribution in [-0.4, -0.2) is 12.6 Å². The van der Waals surface area contributed by atoms with E-state index in [0.717, 1.165) is 29.5 Å². The second-order valence-electron chi connectivity index (χ2n) is 6.19. The van der Waals surface area contributed by atoms with Crippen LogP contribution in [-0.2, 0) is 16.0 Å². The minimum absolute atomic E-state index is 0.132. The predicted octanol–water partition coefficient (Wildman–Crippen LogP) is 5.80. The minimum Gasteiger partial charge on any atom is -0.465 e. The molecule has 0 heterocycles. The summed E-state index contributed by atoms with van der Waals surface area (Å²) in [6, 6.07) is 18.2. The number of unbranched alkanes of at least 4 members (excludes halogenated alkanes) is 5. The van der Waals surface area contributed by atoms with E-state index in [-0.39, 0.29) is 5.97 Å². The van der Waals surface area contributed by atoms with Gasteiger partial charge in [0.1, 0.15) is 0 Å². The van der Waals surface area contributed by atoms with Gasteiger partial charge in [0, 0.05) is 0 Å². The maximum atomic E-state index is 12.1. The van der Waals surface area contributed by atoms with Crippen LogP contribution in [0.5, 0.6) is 0 Å². The van der Waals surface area contributed by atoms with Crippen molar-refractivity contribution in [3.8, 4) is 11.1 Å². The smallest absolute Gasteiger partial charge is 0.310 e. The molecule has 0 N–H and O–H groups in total. The van der Waals surface area contributed by atoms with E-state index in [1.54, 1.807) is 0 Å². The van der Waals surface area contributed by atoms with Gasteiger partial charge in [-0.25, -0.2) is 0 Å². The van der Waals surface area contributed by atoms with Crippen molar-refractivity contribution in [2.75, 3.05) is 6.61 Å². The summed E-state index contributed by atoms with van der Waals surface area (Å²) in [4.78, 5) is 12.1. The van der Waals surface area contributed by atoms with Gasteiger partial charge in [0.25, 0.3) is 0 Å². The number of hydrogen-bond donors (Lipinski definition) is 0. The van der Waals surface area contributed by atoms with Crippen LogP contribution in [0.25, 0.3) is 11.1 Å². The third-order valence-corrected chi connectivity index (χ3v) is 4.20. The number of hydrogen-bond acceptors (Lipinski definition) is 2. The van der Waals surface area contributed by atoms with Crippen LogP contribution in [0.1, 0.15) is 51.0 Å². The number of rotatable bonds is 10. The average molecular weight is 324 g/mol. The van der Waals surface area contributed by atoms with Crippen molar-refractivity contribution < 1.29 is 9.53 Å². The number of ether oxygens (including phenoxy) is 1. The molecule has 0 unspecified atom stereocenters. The molecule has 0 aromatic heterocycles. The van der Waals surface area contributed by atoms with E-state index < -0.39 is 0 Å². The van der Waals surface area contributed by atoms with Gasteiger partial charge in [-0.05, 0) is 23.1 Å². The zero-order valence-corrected chi connectivity index (χ0v) is 14.7. The molecule has 0 aliphatic rings. The van der Waals surface area contributed by atoms with Gasteiger partial charge >= 0.3 is 5.97 Å². The van der Waals surface area contributed by atoms with Crippen LogP contribution in [0.4, 0.5) is 0 Å². The Morgan fingerprint density at radius 2 is 1.50 bits per heavy atom. The zero-order valence-electron chi connectivity index (χ0n) is 14.7. The summed E-state index contributed by atoms with van der Waals surface area (Å²) >= 11 is 0. The highest BCUT2D eigenvalue weighted by molar-refractivity contribution is 5.77. The molecule has 0 bridgehead atoms. The Morgan fingerprint density at radius 1 is 0.833 bits per heavy atom. The Hall–Kier alpha value is -2.09. The fraction of sp³-hybridized carbons (Fsp3) is 0.409. The molecule has 0 radical (unpaired) electrons. The molecule has 0 saturated carbocycles. The van der Waals surface area contributed by atoms with Crippen molar-refractivity contribution in [3.63, 3.8) is 0 Å². The molecule has 2 nitrogen and oxygen atoms in total. The molecule has 0 fully saturated rings. The molecule has 2 aromatic carbocycles. The summed E-state index contributed by atoms with van der Waals surface area (Å²) in [5.74, 6) is -0.132. The Morgan fingerprint density at radius 3 is 2.29 bits per heavy atom. The molecule has 0 spiro atoms. The lowest BCUT2D eigenvalue weighted by Gasteiger charge is -2.10. The first-order valence-corrected chi connectivity index (χ1v) is 9.10. The Balaban J connectivity index is 1.80. The van der Waals surface area contributed by atoms with Crippen molar-refractivity contribution in [3.05, 3.63) is 60.2 Å². The predicted molar refractivity (Wildman–Crippen MR) is 99.9 cm³/mol. The maximum Gasteiger partial charge on any atom is 0.310 e. The molecule has 0 aliphatic carbocycles. The highest BCUT2D eigenvalue weighted by atomic mass is 16.5. The van der Waals surface area contributed by atoms with Crippen LogP contribution in [0.15, 0.2) is 54.6 Å². The van der Waals surface area contributed by atoms with E-state index >= 15 is 0 Å². The second kappa shape index (κ2) is 10.6. The second-order valence-corrected chi connectivity index (χ2v) is 6.19. The lowest BCUT2D eigenvalue weighted by atomic mass is 9.98. The van der Waals surface area contributed by atoms with Gasteiger partial charge in [0.05, 0.1) is 13.0 Å². The lowest BCUT2D eigenvalue weighted by Crippen LogP contribution is -2.09. The van der Waals surface area contributed by atoms with Gasteiger partial charge in [0.15, 0.2) is 0 Å². The van der Waals surface area contributed by atoms with Crippen LogP contribution in [0.3, 0.4) is 0 Å². The number of carbonyl (C=O) groups excluding carboxylic acids is 1. The first-order valence-electron chi connectivity index (χ1n) is 9.10. The third kappa shape index (κ3) is 6.19.